The highest BCUT2D eigenvalue weighted by Gasteiger charge is 2.27. The largest absolute Gasteiger partial charge is 0.478 e. The maximum absolute atomic E-state index is 13.8. The molecule has 1 aliphatic rings. The molecule has 1 N–H and O–H groups in total. The number of aromatic carboxylic acids is 1. The summed E-state index contributed by atoms with van der Waals surface area (Å²) in [5.74, 6) is -2.10. The number of nitrogens with zero attached hydrogens (tertiary/aromatic N) is 1. The predicted octanol–water partition coefficient (Wildman–Crippen LogP) is 4.60. The van der Waals surface area contributed by atoms with E-state index in [4.69, 9.17) is 4.74 Å². The number of halogens is 1. The molecule has 5 nitrogen and oxygen atoms in total. The normalized spacial score (nSPS) is 16.6. The minimum atomic E-state index is -1.31. The molecule has 1 atom stereocenters. The molecule has 1 amide bonds. The van der Waals surface area contributed by atoms with Crippen molar-refractivity contribution in [2.75, 3.05) is 19.8 Å². The first-order valence-electron chi connectivity index (χ1n) is 9.94. The van der Waals surface area contributed by atoms with Gasteiger partial charge in [0.05, 0.1) is 24.8 Å². The standard InChI is InChI=1S/C24H22FNO4/c1-2-18-14-30-11-10-26(18)23(27)17-6-8-20-15(12-17)4-3-5-19(20)16-7-9-22(25)21(13-16)24(28)29/h3-9,12-13,18H,2,10-11,14H2,1H3,(H,28,29)/t18-/m0/s1. The molecule has 154 valence electrons. The Bertz CT molecular complexity index is 1130. The van der Waals surface area contributed by atoms with E-state index in [1.54, 1.807) is 12.1 Å². The van der Waals surface area contributed by atoms with Crippen LogP contribution >= 0.6 is 0 Å². The van der Waals surface area contributed by atoms with Crippen LogP contribution in [0.2, 0.25) is 0 Å². The molecule has 0 aliphatic carbocycles. The van der Waals surface area contributed by atoms with Crippen molar-refractivity contribution in [3.8, 4) is 11.1 Å². The lowest BCUT2D eigenvalue weighted by atomic mass is 9.95. The van der Waals surface area contributed by atoms with Crippen LogP contribution in [0.25, 0.3) is 21.9 Å². The van der Waals surface area contributed by atoms with Gasteiger partial charge in [0.2, 0.25) is 0 Å². The van der Waals surface area contributed by atoms with E-state index in [-0.39, 0.29) is 17.5 Å². The zero-order chi connectivity index (χ0) is 21.3. The van der Waals surface area contributed by atoms with E-state index < -0.39 is 11.8 Å². The minimum Gasteiger partial charge on any atom is -0.478 e. The highest BCUT2D eigenvalue weighted by atomic mass is 19.1. The summed E-state index contributed by atoms with van der Waals surface area (Å²) in [5, 5.41) is 11.0. The molecule has 1 saturated heterocycles. The summed E-state index contributed by atoms with van der Waals surface area (Å²) in [7, 11) is 0. The van der Waals surface area contributed by atoms with Gasteiger partial charge in [-0.2, -0.15) is 0 Å². The maximum Gasteiger partial charge on any atom is 0.338 e. The van der Waals surface area contributed by atoms with Crippen LogP contribution in [0.15, 0.2) is 54.6 Å². The van der Waals surface area contributed by atoms with Crippen molar-refractivity contribution in [2.45, 2.75) is 19.4 Å². The lowest BCUT2D eigenvalue weighted by molar-refractivity contribution is -0.00279. The van der Waals surface area contributed by atoms with Crippen LogP contribution in [-0.2, 0) is 4.74 Å². The Labute approximate surface area is 173 Å². The van der Waals surface area contributed by atoms with Gasteiger partial charge >= 0.3 is 5.97 Å². The quantitative estimate of drug-likeness (QED) is 0.687. The fourth-order valence-electron chi connectivity index (χ4n) is 3.95. The van der Waals surface area contributed by atoms with Gasteiger partial charge < -0.3 is 14.7 Å². The number of carbonyl (C=O) groups excluding carboxylic acids is 1. The number of fused-ring (bicyclic) bond motifs is 1. The first kappa shape index (κ1) is 20.0. The number of benzene rings is 3. The molecule has 6 heteroatoms. The van der Waals surface area contributed by atoms with Gasteiger partial charge in [0.15, 0.2) is 0 Å². The van der Waals surface area contributed by atoms with E-state index in [2.05, 4.69) is 0 Å². The van der Waals surface area contributed by atoms with Crippen molar-refractivity contribution in [3.63, 3.8) is 0 Å². The molecular formula is C24H22FNO4. The van der Waals surface area contributed by atoms with E-state index in [0.29, 0.717) is 30.9 Å². The van der Waals surface area contributed by atoms with E-state index in [1.165, 1.54) is 12.1 Å². The molecule has 1 fully saturated rings. The van der Waals surface area contributed by atoms with Crippen LogP contribution < -0.4 is 0 Å². The molecular weight excluding hydrogens is 385 g/mol. The molecule has 1 heterocycles. The summed E-state index contributed by atoms with van der Waals surface area (Å²) in [6.07, 6.45) is 0.833. The molecule has 0 bridgehead atoms. The fraction of sp³-hybridized carbons (Fsp3) is 0.250. The zero-order valence-electron chi connectivity index (χ0n) is 16.6. The highest BCUT2D eigenvalue weighted by Crippen LogP contribution is 2.31. The summed E-state index contributed by atoms with van der Waals surface area (Å²) in [6.45, 7) is 3.70. The smallest absolute Gasteiger partial charge is 0.338 e. The molecule has 3 aromatic rings. The Hall–Kier alpha value is -3.25. The summed E-state index contributed by atoms with van der Waals surface area (Å²) in [6, 6.07) is 15.3. The zero-order valence-corrected chi connectivity index (χ0v) is 16.6. The first-order chi connectivity index (χ1) is 14.5. The minimum absolute atomic E-state index is 0.0209. The van der Waals surface area contributed by atoms with E-state index in [0.717, 1.165) is 22.8 Å². The molecule has 0 unspecified atom stereocenters. The van der Waals surface area contributed by atoms with Crippen LogP contribution in [0.4, 0.5) is 4.39 Å². The number of morpholine rings is 1. The number of carboxylic acid groups (broad SMARTS) is 1. The number of hydrogen-bond acceptors (Lipinski definition) is 3. The lowest BCUT2D eigenvalue weighted by Crippen LogP contribution is -2.48. The van der Waals surface area contributed by atoms with Gasteiger partial charge in [-0.15, -0.1) is 0 Å². The molecule has 30 heavy (non-hydrogen) atoms. The Morgan fingerprint density at radius 1 is 1.17 bits per heavy atom. The third kappa shape index (κ3) is 3.66. The number of carboxylic acids is 1. The van der Waals surface area contributed by atoms with Crippen molar-refractivity contribution in [2.24, 2.45) is 0 Å². The molecule has 3 aromatic carbocycles. The second kappa shape index (κ2) is 8.24. The average molecular weight is 407 g/mol. The SMILES string of the molecule is CC[C@H]1COCCN1C(=O)c1ccc2c(-c3ccc(F)c(C(=O)O)c3)cccc2c1. The fourth-order valence-corrected chi connectivity index (χ4v) is 3.95. The predicted molar refractivity (Wildman–Crippen MR) is 112 cm³/mol. The van der Waals surface area contributed by atoms with Crippen LogP contribution in [0.5, 0.6) is 0 Å². The summed E-state index contributed by atoms with van der Waals surface area (Å²) in [4.78, 5) is 26.3. The van der Waals surface area contributed by atoms with Crippen LogP contribution in [0.1, 0.15) is 34.1 Å². The Morgan fingerprint density at radius 3 is 2.77 bits per heavy atom. The number of hydrogen-bond donors (Lipinski definition) is 1. The maximum atomic E-state index is 13.8. The van der Waals surface area contributed by atoms with Crippen LogP contribution in [0.3, 0.4) is 0 Å². The molecule has 4 rings (SSSR count). The Morgan fingerprint density at radius 2 is 2.00 bits per heavy atom. The molecule has 0 spiro atoms. The summed E-state index contributed by atoms with van der Waals surface area (Å²) in [5.41, 5.74) is 1.63. The Balaban J connectivity index is 1.73. The second-order valence-electron chi connectivity index (χ2n) is 7.38. The first-order valence-corrected chi connectivity index (χ1v) is 9.94. The topological polar surface area (TPSA) is 66.8 Å². The van der Waals surface area contributed by atoms with Crippen molar-refractivity contribution in [1.82, 2.24) is 4.90 Å². The van der Waals surface area contributed by atoms with Crippen molar-refractivity contribution in [3.05, 3.63) is 71.5 Å². The van der Waals surface area contributed by atoms with Gasteiger partial charge in [-0.05, 0) is 52.6 Å². The van der Waals surface area contributed by atoms with E-state index >= 15 is 0 Å². The molecule has 0 aromatic heterocycles. The number of ether oxygens (including phenoxy) is 1. The number of carbonyl (C=O) groups is 2. The average Bonchev–Trinajstić information content (AvgIpc) is 2.78. The van der Waals surface area contributed by atoms with Crippen molar-refractivity contribution < 1.29 is 23.8 Å². The van der Waals surface area contributed by atoms with Crippen LogP contribution in [0, 0.1) is 5.82 Å². The Kier molecular flexibility index (Phi) is 5.50. The van der Waals surface area contributed by atoms with Gasteiger partial charge in [-0.1, -0.05) is 37.3 Å². The number of rotatable bonds is 4. The monoisotopic (exact) mass is 407 g/mol. The van der Waals surface area contributed by atoms with Gasteiger partial charge in [0.1, 0.15) is 5.82 Å². The van der Waals surface area contributed by atoms with Gasteiger partial charge in [-0.25, -0.2) is 9.18 Å². The highest BCUT2D eigenvalue weighted by molar-refractivity contribution is 6.03. The molecule has 0 saturated carbocycles. The third-order valence-corrected chi connectivity index (χ3v) is 5.59. The second-order valence-corrected chi connectivity index (χ2v) is 7.38. The van der Waals surface area contributed by atoms with Crippen molar-refractivity contribution in [1.29, 1.82) is 0 Å². The van der Waals surface area contributed by atoms with Crippen molar-refractivity contribution >= 4 is 22.6 Å². The summed E-state index contributed by atoms with van der Waals surface area (Å²) >= 11 is 0. The van der Waals surface area contributed by atoms with Gasteiger partial charge in [0.25, 0.3) is 5.91 Å². The van der Waals surface area contributed by atoms with Crippen LogP contribution in [-0.4, -0.2) is 47.7 Å². The number of amides is 1. The van der Waals surface area contributed by atoms with E-state index in [1.807, 2.05) is 42.2 Å². The third-order valence-electron chi connectivity index (χ3n) is 5.59. The molecule has 1 aliphatic heterocycles. The van der Waals surface area contributed by atoms with Gasteiger partial charge in [-0.3, -0.25) is 4.79 Å². The van der Waals surface area contributed by atoms with Gasteiger partial charge in [0, 0.05) is 12.1 Å². The molecule has 0 radical (unpaired) electrons. The summed E-state index contributed by atoms with van der Waals surface area (Å²) < 4.78 is 19.3. The lowest BCUT2D eigenvalue weighted by Gasteiger charge is -2.35. The van der Waals surface area contributed by atoms with E-state index in [9.17, 15) is 19.1 Å².